The summed E-state index contributed by atoms with van der Waals surface area (Å²) in [6.07, 6.45) is 0.481. The summed E-state index contributed by atoms with van der Waals surface area (Å²) in [7, 11) is 0. The highest BCUT2D eigenvalue weighted by atomic mass is 35.5. The lowest BCUT2D eigenvalue weighted by Gasteiger charge is -2.06. The van der Waals surface area contributed by atoms with Crippen LogP contribution >= 0.6 is 22.9 Å². The van der Waals surface area contributed by atoms with E-state index in [2.05, 4.69) is 22.1 Å². The van der Waals surface area contributed by atoms with Crippen LogP contribution in [0.4, 0.5) is 10.1 Å². The van der Waals surface area contributed by atoms with Gasteiger partial charge in [-0.2, -0.15) is 0 Å². The van der Waals surface area contributed by atoms with Crippen molar-refractivity contribution in [1.82, 2.24) is 4.98 Å². The first-order valence-corrected chi connectivity index (χ1v) is 9.02. The average molecular weight is 378 g/mol. The van der Waals surface area contributed by atoms with Crippen molar-refractivity contribution >= 4 is 39.7 Å². The highest BCUT2D eigenvalue weighted by Gasteiger charge is 2.19. The van der Waals surface area contributed by atoms with Crippen molar-refractivity contribution in [2.75, 3.05) is 12.0 Å². The van der Waals surface area contributed by atoms with Crippen molar-refractivity contribution in [3.63, 3.8) is 0 Å². The van der Waals surface area contributed by atoms with Crippen molar-refractivity contribution < 1.29 is 8.81 Å². The van der Waals surface area contributed by atoms with E-state index >= 15 is 0 Å². The van der Waals surface area contributed by atoms with E-state index in [-0.39, 0.29) is 6.04 Å². The molecule has 7 heteroatoms. The van der Waals surface area contributed by atoms with Crippen molar-refractivity contribution in [3.05, 3.63) is 44.9 Å². The third-order valence-electron chi connectivity index (χ3n) is 3.50. The quantitative estimate of drug-likeness (QED) is 0.512. The molecule has 3 aromatic rings. The largest absolute Gasteiger partial charge is 0.456 e. The molecule has 0 bridgehead atoms. The molecule has 3 aromatic heterocycles. The van der Waals surface area contributed by atoms with Crippen molar-refractivity contribution in [3.8, 4) is 11.8 Å². The number of hydrogen-bond acceptors (Lipinski definition) is 5. The van der Waals surface area contributed by atoms with Gasteiger partial charge in [0.1, 0.15) is 16.4 Å². The number of fused-ring (bicyclic) bond motifs is 1. The molecule has 0 saturated heterocycles. The first-order valence-electron chi connectivity index (χ1n) is 7.77. The molecule has 0 aliphatic rings. The van der Waals surface area contributed by atoms with Gasteiger partial charge in [-0.15, -0.1) is 11.3 Å². The van der Waals surface area contributed by atoms with Gasteiger partial charge in [0.2, 0.25) is 0 Å². The Kier molecular flexibility index (Phi) is 5.59. The van der Waals surface area contributed by atoms with Gasteiger partial charge in [-0.25, -0.2) is 9.37 Å². The van der Waals surface area contributed by atoms with Gasteiger partial charge in [0.15, 0.2) is 12.3 Å². The molecule has 3 rings (SSSR count). The maximum atomic E-state index is 12.5. The van der Waals surface area contributed by atoms with Crippen LogP contribution in [0.15, 0.2) is 28.0 Å². The lowest BCUT2D eigenvalue weighted by Crippen LogP contribution is -2.17. The van der Waals surface area contributed by atoms with Gasteiger partial charge >= 0.3 is 0 Å². The van der Waals surface area contributed by atoms with Gasteiger partial charge in [-0.1, -0.05) is 29.5 Å². The number of rotatable bonds is 5. The summed E-state index contributed by atoms with van der Waals surface area (Å²) in [5.41, 5.74) is 8.25. The Morgan fingerprint density at radius 3 is 3.04 bits per heavy atom. The van der Waals surface area contributed by atoms with Gasteiger partial charge in [-0.05, 0) is 18.4 Å². The smallest absolute Gasteiger partial charge is 0.177 e. The molecule has 0 spiro atoms. The van der Waals surface area contributed by atoms with Crippen LogP contribution in [0.3, 0.4) is 0 Å². The minimum absolute atomic E-state index is 0.121. The molecule has 0 aromatic carbocycles. The number of nitrogens with two attached hydrogens (primary N) is 1. The minimum atomic E-state index is -0.742. The highest BCUT2D eigenvalue weighted by Crippen LogP contribution is 2.33. The fraction of sp³-hybridized carbons (Fsp3) is 0.278. The van der Waals surface area contributed by atoms with Crippen LogP contribution in [0.2, 0.25) is 5.15 Å². The topological polar surface area (TPSA) is 64.1 Å². The molecule has 0 amide bonds. The van der Waals surface area contributed by atoms with Gasteiger partial charge in [0.25, 0.3) is 0 Å². The molecule has 25 heavy (non-hydrogen) atoms. The molecule has 0 saturated carbocycles. The summed E-state index contributed by atoms with van der Waals surface area (Å²) in [5.74, 6) is 5.82. The number of furan rings is 1. The fourth-order valence-electron chi connectivity index (χ4n) is 2.49. The third kappa shape index (κ3) is 4.13. The predicted octanol–water partition coefficient (Wildman–Crippen LogP) is 4.37. The number of thiophene rings is 1. The zero-order chi connectivity index (χ0) is 17.8. The summed E-state index contributed by atoms with van der Waals surface area (Å²) in [6.45, 7) is 1.77. The average Bonchev–Trinajstić information content (AvgIpc) is 3.18. The second-order valence-electron chi connectivity index (χ2n) is 5.62. The Hall–Kier alpha value is -2.07. The van der Waals surface area contributed by atoms with E-state index in [1.165, 1.54) is 4.88 Å². The zero-order valence-electron chi connectivity index (χ0n) is 13.6. The molecule has 4 nitrogen and oxygen atoms in total. The number of nitrogens with one attached hydrogen (secondary N) is 1. The minimum Gasteiger partial charge on any atom is -0.456 e. The van der Waals surface area contributed by atoms with E-state index in [1.807, 2.05) is 24.4 Å². The van der Waals surface area contributed by atoms with E-state index < -0.39 is 6.67 Å². The van der Waals surface area contributed by atoms with Crippen LogP contribution in [0.25, 0.3) is 11.1 Å². The molecular weight excluding hydrogens is 361 g/mol. The van der Waals surface area contributed by atoms with Gasteiger partial charge in [0, 0.05) is 30.0 Å². The van der Waals surface area contributed by atoms with Crippen LogP contribution in [0, 0.1) is 11.8 Å². The summed E-state index contributed by atoms with van der Waals surface area (Å²) < 4.78 is 18.5. The van der Waals surface area contributed by atoms with Crippen LogP contribution in [0.1, 0.15) is 23.1 Å². The Morgan fingerprint density at radius 1 is 1.52 bits per heavy atom. The Morgan fingerprint density at radius 2 is 2.36 bits per heavy atom. The molecule has 3 heterocycles. The molecule has 0 aliphatic carbocycles. The molecular formula is C18H17ClFN3OS. The molecule has 1 atom stereocenters. The number of nitrogens with zero attached hydrogens (tertiary/aromatic N) is 1. The zero-order valence-corrected chi connectivity index (χ0v) is 15.2. The van der Waals surface area contributed by atoms with Gasteiger partial charge < -0.3 is 15.5 Å². The maximum absolute atomic E-state index is 12.5. The third-order valence-corrected chi connectivity index (χ3v) is 4.57. The number of pyridine rings is 1. The van der Waals surface area contributed by atoms with Crippen molar-refractivity contribution in [1.29, 1.82) is 0 Å². The summed E-state index contributed by atoms with van der Waals surface area (Å²) in [6, 6.07) is 5.63. The molecule has 0 unspecified atom stereocenters. The van der Waals surface area contributed by atoms with Gasteiger partial charge in [-0.3, -0.25) is 0 Å². The summed E-state index contributed by atoms with van der Waals surface area (Å²) in [5, 5.41) is 5.66. The second kappa shape index (κ2) is 7.87. The normalized spacial score (nSPS) is 12.0. The lowest BCUT2D eigenvalue weighted by atomic mass is 10.1. The summed E-state index contributed by atoms with van der Waals surface area (Å²) in [4.78, 5) is 5.51. The second-order valence-corrected chi connectivity index (χ2v) is 7.04. The number of hydrogen-bond donors (Lipinski definition) is 2. The van der Waals surface area contributed by atoms with Crippen molar-refractivity contribution in [2.24, 2.45) is 5.73 Å². The molecule has 130 valence electrons. The van der Waals surface area contributed by atoms with E-state index in [9.17, 15) is 4.39 Å². The van der Waals surface area contributed by atoms with E-state index in [0.717, 1.165) is 5.69 Å². The van der Waals surface area contributed by atoms with Crippen molar-refractivity contribution in [2.45, 2.75) is 25.9 Å². The van der Waals surface area contributed by atoms with Crippen LogP contribution < -0.4 is 11.1 Å². The van der Waals surface area contributed by atoms with Crippen LogP contribution in [0.5, 0.6) is 0 Å². The Balaban J connectivity index is 2.06. The fourth-order valence-corrected chi connectivity index (χ4v) is 3.33. The highest BCUT2D eigenvalue weighted by molar-refractivity contribution is 7.09. The van der Waals surface area contributed by atoms with E-state index in [0.29, 0.717) is 40.5 Å². The number of alkyl halides is 1. The Labute approximate surface area is 154 Å². The number of halogens is 2. The monoisotopic (exact) mass is 377 g/mol. The molecule has 0 radical (unpaired) electrons. The molecule has 0 fully saturated rings. The van der Waals surface area contributed by atoms with E-state index in [1.54, 1.807) is 17.4 Å². The Bertz CT molecular complexity index is 925. The standard InChI is InChI=1S/C18H17ClFN3OS/c1-11(21)8-15-13(5-2-6-20)17-18(24-15)14(9-16(19)23-17)22-10-12-4-3-7-25-12/h3-4,7,9,11H,6,8,10,21H2,1H3,(H,22,23)/t11-/m0/s1. The van der Waals surface area contributed by atoms with Crippen LogP contribution in [-0.4, -0.2) is 17.7 Å². The molecule has 3 N–H and O–H groups in total. The number of aromatic nitrogens is 1. The SMILES string of the molecule is C[C@H](N)Cc1oc2c(NCc3cccs3)cc(Cl)nc2c1C#CCF. The van der Waals surface area contributed by atoms with Crippen LogP contribution in [-0.2, 0) is 13.0 Å². The lowest BCUT2D eigenvalue weighted by molar-refractivity contribution is 0.524. The number of anilines is 1. The maximum Gasteiger partial charge on any atom is 0.177 e. The van der Waals surface area contributed by atoms with E-state index in [4.69, 9.17) is 21.8 Å². The first kappa shape index (κ1) is 17.7. The molecule has 0 aliphatic heterocycles. The van der Waals surface area contributed by atoms with Gasteiger partial charge in [0.05, 0.1) is 11.3 Å². The summed E-state index contributed by atoms with van der Waals surface area (Å²) >= 11 is 7.83. The first-order chi connectivity index (χ1) is 12.1. The predicted molar refractivity (Wildman–Crippen MR) is 101 cm³/mol.